The van der Waals surface area contributed by atoms with Crippen LogP contribution >= 0.6 is 0 Å². The molecule has 27 heavy (non-hydrogen) atoms. The van der Waals surface area contributed by atoms with Crippen LogP contribution < -0.4 is 9.62 Å². The molecule has 0 spiro atoms. The zero-order chi connectivity index (χ0) is 20.4. The molecule has 2 atom stereocenters. The minimum Gasteiger partial charge on any atom is -0.348 e. The van der Waals surface area contributed by atoms with Crippen LogP contribution in [0.1, 0.15) is 36.6 Å². The lowest BCUT2D eigenvalue weighted by atomic mass is 10.00. The van der Waals surface area contributed by atoms with Crippen molar-refractivity contribution in [3.8, 4) is 0 Å². The normalized spacial score (nSPS) is 13.7. The molecule has 5 nitrogen and oxygen atoms in total. The highest BCUT2D eigenvalue weighted by molar-refractivity contribution is 7.92. The van der Waals surface area contributed by atoms with Crippen molar-refractivity contribution in [2.75, 3.05) is 10.6 Å². The van der Waals surface area contributed by atoms with E-state index in [1.54, 1.807) is 0 Å². The molecule has 7 heteroatoms. The summed E-state index contributed by atoms with van der Waals surface area (Å²) in [5.41, 5.74) is 3.33. The van der Waals surface area contributed by atoms with Crippen LogP contribution in [0.3, 0.4) is 0 Å². The first-order chi connectivity index (χ1) is 12.5. The Balaban J connectivity index is 2.27. The van der Waals surface area contributed by atoms with Crippen molar-refractivity contribution in [2.24, 2.45) is 0 Å². The summed E-state index contributed by atoms with van der Waals surface area (Å²) in [4.78, 5) is 12.8. The van der Waals surface area contributed by atoms with E-state index in [4.69, 9.17) is 0 Å². The van der Waals surface area contributed by atoms with Gasteiger partial charge >= 0.3 is 0 Å². The standard InChI is InChI=1S/C20H25FN2O3S/c1-13-6-7-14(2)19(12-13)15(3)22-20(24)16(4)23(27(5,25)26)18-10-8-17(21)9-11-18/h6-12,15-16H,1-5H3,(H,22,24). The first-order valence-corrected chi connectivity index (χ1v) is 10.5. The average molecular weight is 392 g/mol. The average Bonchev–Trinajstić information content (AvgIpc) is 2.57. The summed E-state index contributed by atoms with van der Waals surface area (Å²) in [6.45, 7) is 7.30. The molecular weight excluding hydrogens is 367 g/mol. The lowest BCUT2D eigenvalue weighted by molar-refractivity contribution is -0.122. The summed E-state index contributed by atoms with van der Waals surface area (Å²) < 4.78 is 38.7. The van der Waals surface area contributed by atoms with Gasteiger partial charge in [-0.05, 0) is 63.1 Å². The fourth-order valence-electron chi connectivity index (χ4n) is 3.03. The van der Waals surface area contributed by atoms with Gasteiger partial charge in [0.2, 0.25) is 15.9 Å². The van der Waals surface area contributed by atoms with Gasteiger partial charge in [0.15, 0.2) is 0 Å². The number of anilines is 1. The molecule has 2 aromatic carbocycles. The first-order valence-electron chi connectivity index (χ1n) is 8.63. The Morgan fingerprint density at radius 2 is 1.67 bits per heavy atom. The molecular formula is C20H25FN2O3S. The van der Waals surface area contributed by atoms with Crippen LogP contribution in [0, 0.1) is 19.7 Å². The molecule has 0 bridgehead atoms. The van der Waals surface area contributed by atoms with E-state index in [2.05, 4.69) is 5.32 Å². The zero-order valence-corrected chi connectivity index (χ0v) is 17.0. The quantitative estimate of drug-likeness (QED) is 0.819. The van der Waals surface area contributed by atoms with Crippen LogP contribution in [0.15, 0.2) is 42.5 Å². The number of aryl methyl sites for hydroxylation is 2. The fraction of sp³-hybridized carbons (Fsp3) is 0.350. The van der Waals surface area contributed by atoms with E-state index in [1.165, 1.54) is 19.1 Å². The summed E-state index contributed by atoms with van der Waals surface area (Å²) in [5, 5.41) is 2.88. The van der Waals surface area contributed by atoms with Crippen molar-refractivity contribution in [1.29, 1.82) is 0 Å². The van der Waals surface area contributed by atoms with Gasteiger partial charge in [0.1, 0.15) is 11.9 Å². The molecule has 146 valence electrons. The topological polar surface area (TPSA) is 66.5 Å². The van der Waals surface area contributed by atoms with E-state index < -0.39 is 27.8 Å². The Kier molecular flexibility index (Phi) is 6.26. The molecule has 2 aromatic rings. The molecule has 0 heterocycles. The molecule has 0 saturated heterocycles. The molecule has 0 aliphatic rings. The Morgan fingerprint density at radius 3 is 2.22 bits per heavy atom. The maximum absolute atomic E-state index is 13.2. The third-order valence-electron chi connectivity index (χ3n) is 4.43. The molecule has 1 amide bonds. The number of halogens is 1. The highest BCUT2D eigenvalue weighted by Crippen LogP contribution is 2.23. The molecule has 0 aliphatic heterocycles. The van der Waals surface area contributed by atoms with Gasteiger partial charge in [-0.3, -0.25) is 9.10 Å². The second kappa shape index (κ2) is 8.08. The van der Waals surface area contributed by atoms with Gasteiger partial charge < -0.3 is 5.32 Å². The molecule has 0 fully saturated rings. The van der Waals surface area contributed by atoms with E-state index in [0.29, 0.717) is 0 Å². The molecule has 2 rings (SSSR count). The maximum atomic E-state index is 13.2. The predicted octanol–water partition coefficient (Wildman–Crippen LogP) is 3.47. The van der Waals surface area contributed by atoms with Gasteiger partial charge in [-0.1, -0.05) is 23.8 Å². The number of nitrogens with one attached hydrogen (secondary N) is 1. The van der Waals surface area contributed by atoms with Crippen LogP contribution in [-0.4, -0.2) is 26.6 Å². The third-order valence-corrected chi connectivity index (χ3v) is 5.67. The Hall–Kier alpha value is -2.41. The van der Waals surface area contributed by atoms with Crippen LogP contribution in [0.5, 0.6) is 0 Å². The highest BCUT2D eigenvalue weighted by Gasteiger charge is 2.30. The highest BCUT2D eigenvalue weighted by atomic mass is 32.2. The Morgan fingerprint density at radius 1 is 1.07 bits per heavy atom. The number of benzene rings is 2. The summed E-state index contributed by atoms with van der Waals surface area (Å²) in [7, 11) is -3.74. The van der Waals surface area contributed by atoms with Crippen molar-refractivity contribution in [3.05, 3.63) is 65.0 Å². The number of carbonyl (C=O) groups excluding carboxylic acids is 1. The number of carbonyl (C=O) groups is 1. The molecule has 0 aromatic heterocycles. The van der Waals surface area contributed by atoms with Gasteiger partial charge in [0.05, 0.1) is 18.0 Å². The van der Waals surface area contributed by atoms with Crippen LogP contribution in [0.4, 0.5) is 10.1 Å². The van der Waals surface area contributed by atoms with E-state index >= 15 is 0 Å². The monoisotopic (exact) mass is 392 g/mol. The molecule has 1 N–H and O–H groups in total. The fourth-order valence-corrected chi connectivity index (χ4v) is 4.21. The zero-order valence-electron chi connectivity index (χ0n) is 16.2. The largest absolute Gasteiger partial charge is 0.348 e. The Labute approximate surface area is 160 Å². The molecule has 2 unspecified atom stereocenters. The summed E-state index contributed by atoms with van der Waals surface area (Å²) in [6, 6.07) is 9.72. The van der Waals surface area contributed by atoms with E-state index in [-0.39, 0.29) is 11.7 Å². The first kappa shape index (κ1) is 20.9. The number of rotatable bonds is 6. The maximum Gasteiger partial charge on any atom is 0.244 e. The molecule has 0 aliphatic carbocycles. The minimum absolute atomic E-state index is 0.237. The van der Waals surface area contributed by atoms with Gasteiger partial charge in [-0.25, -0.2) is 12.8 Å². The van der Waals surface area contributed by atoms with Crippen molar-refractivity contribution >= 4 is 21.6 Å². The van der Waals surface area contributed by atoms with E-state index in [9.17, 15) is 17.6 Å². The van der Waals surface area contributed by atoms with Crippen molar-refractivity contribution < 1.29 is 17.6 Å². The van der Waals surface area contributed by atoms with Crippen LogP contribution in [0.25, 0.3) is 0 Å². The minimum atomic E-state index is -3.74. The number of amides is 1. The Bertz CT molecular complexity index is 927. The number of hydrogen-bond acceptors (Lipinski definition) is 3. The molecule has 0 saturated carbocycles. The summed E-state index contributed by atoms with van der Waals surface area (Å²) in [6.07, 6.45) is 1.02. The van der Waals surface area contributed by atoms with Gasteiger partial charge in [0, 0.05) is 0 Å². The van der Waals surface area contributed by atoms with Gasteiger partial charge in [0.25, 0.3) is 0 Å². The molecule has 0 radical (unpaired) electrons. The smallest absolute Gasteiger partial charge is 0.244 e. The lowest BCUT2D eigenvalue weighted by Crippen LogP contribution is -2.48. The van der Waals surface area contributed by atoms with Gasteiger partial charge in [-0.2, -0.15) is 0 Å². The van der Waals surface area contributed by atoms with Gasteiger partial charge in [-0.15, -0.1) is 0 Å². The lowest BCUT2D eigenvalue weighted by Gasteiger charge is -2.29. The van der Waals surface area contributed by atoms with E-state index in [1.807, 2.05) is 39.0 Å². The van der Waals surface area contributed by atoms with Crippen molar-refractivity contribution in [1.82, 2.24) is 5.32 Å². The summed E-state index contributed by atoms with van der Waals surface area (Å²) in [5.74, 6) is -0.911. The number of nitrogens with zero attached hydrogens (tertiary/aromatic N) is 1. The second-order valence-corrected chi connectivity index (χ2v) is 8.66. The van der Waals surface area contributed by atoms with E-state index in [0.717, 1.165) is 39.4 Å². The second-order valence-electron chi connectivity index (χ2n) is 6.80. The predicted molar refractivity (Wildman–Crippen MR) is 106 cm³/mol. The summed E-state index contributed by atoms with van der Waals surface area (Å²) >= 11 is 0. The van der Waals surface area contributed by atoms with Crippen LogP contribution in [0.2, 0.25) is 0 Å². The third kappa shape index (κ3) is 5.07. The van der Waals surface area contributed by atoms with Crippen molar-refractivity contribution in [2.45, 2.75) is 39.8 Å². The number of sulfonamides is 1. The number of hydrogen-bond donors (Lipinski definition) is 1. The van der Waals surface area contributed by atoms with Crippen LogP contribution in [-0.2, 0) is 14.8 Å². The van der Waals surface area contributed by atoms with Crippen molar-refractivity contribution in [3.63, 3.8) is 0 Å². The SMILES string of the molecule is Cc1ccc(C)c(C(C)NC(=O)C(C)N(c2ccc(F)cc2)S(C)(=O)=O)c1.